The summed E-state index contributed by atoms with van der Waals surface area (Å²) < 4.78 is 15.5. The molecule has 7 heteroatoms. The van der Waals surface area contributed by atoms with Gasteiger partial charge in [-0.3, -0.25) is 10.0 Å². The van der Waals surface area contributed by atoms with Gasteiger partial charge in [0.05, 0.1) is 17.4 Å². The average Bonchev–Trinajstić information content (AvgIpc) is 3.14. The minimum atomic E-state index is -0.471. The lowest BCUT2D eigenvalue weighted by Gasteiger charge is -2.32. The van der Waals surface area contributed by atoms with Gasteiger partial charge in [-0.05, 0) is 38.3 Å². The van der Waals surface area contributed by atoms with Crippen molar-refractivity contribution in [3.8, 4) is 0 Å². The van der Waals surface area contributed by atoms with Gasteiger partial charge in [-0.2, -0.15) is 4.39 Å². The molecule has 0 bridgehead atoms. The minimum Gasteiger partial charge on any atom is -0.314 e. The number of rotatable bonds is 4. The normalized spacial score (nSPS) is 24.7. The Morgan fingerprint density at radius 1 is 1.23 bits per heavy atom. The van der Waals surface area contributed by atoms with Crippen molar-refractivity contribution in [2.45, 2.75) is 51.1 Å². The van der Waals surface area contributed by atoms with Gasteiger partial charge in [0.1, 0.15) is 0 Å². The predicted molar refractivity (Wildman–Crippen MR) is 100 cm³/mol. The molecule has 3 heterocycles. The first kappa shape index (κ1) is 17.1. The van der Waals surface area contributed by atoms with Crippen LogP contribution in [0.4, 0.5) is 10.1 Å². The van der Waals surface area contributed by atoms with Crippen molar-refractivity contribution < 1.29 is 4.39 Å². The summed E-state index contributed by atoms with van der Waals surface area (Å²) in [6, 6.07) is 4.29. The Morgan fingerprint density at radius 3 is 2.85 bits per heavy atom. The quantitative estimate of drug-likeness (QED) is 0.856. The first-order valence-electron chi connectivity index (χ1n) is 9.47. The van der Waals surface area contributed by atoms with E-state index in [9.17, 15) is 4.39 Å². The van der Waals surface area contributed by atoms with E-state index in [0.717, 1.165) is 49.6 Å². The highest BCUT2D eigenvalue weighted by molar-refractivity contribution is 5.99. The molecule has 26 heavy (non-hydrogen) atoms. The Kier molecular flexibility index (Phi) is 4.97. The predicted octanol–water partition coefficient (Wildman–Crippen LogP) is 2.80. The van der Waals surface area contributed by atoms with E-state index in [0.29, 0.717) is 12.1 Å². The number of halogens is 1. The maximum absolute atomic E-state index is 13.5. The summed E-state index contributed by atoms with van der Waals surface area (Å²) in [7, 11) is 0. The van der Waals surface area contributed by atoms with Gasteiger partial charge in [0, 0.05) is 43.7 Å². The Morgan fingerprint density at radius 2 is 2.08 bits per heavy atom. The molecule has 0 aromatic carbocycles. The van der Waals surface area contributed by atoms with Gasteiger partial charge < -0.3 is 5.32 Å². The van der Waals surface area contributed by atoms with Gasteiger partial charge in [0.15, 0.2) is 5.82 Å². The summed E-state index contributed by atoms with van der Waals surface area (Å²) in [5.41, 5.74) is 1.84. The highest BCUT2D eigenvalue weighted by atomic mass is 19.1. The first-order chi connectivity index (χ1) is 12.7. The molecule has 1 saturated carbocycles. The third-order valence-electron chi connectivity index (χ3n) is 5.24. The van der Waals surface area contributed by atoms with E-state index in [1.807, 2.05) is 21.9 Å². The van der Waals surface area contributed by atoms with Crippen molar-refractivity contribution in [3.05, 3.63) is 42.5 Å². The smallest absolute Gasteiger partial charge is 0.214 e. The monoisotopic (exact) mass is 356 g/mol. The van der Waals surface area contributed by atoms with Crippen LogP contribution >= 0.6 is 0 Å². The zero-order valence-corrected chi connectivity index (χ0v) is 15.1. The number of aromatic nitrogens is 3. The van der Waals surface area contributed by atoms with Crippen LogP contribution in [0.1, 0.15) is 44.9 Å². The molecule has 1 N–H and O–H groups in total. The summed E-state index contributed by atoms with van der Waals surface area (Å²) >= 11 is 0. The molecular formula is C19H25FN6. The lowest BCUT2D eigenvalue weighted by Crippen LogP contribution is -2.39. The van der Waals surface area contributed by atoms with Gasteiger partial charge in [-0.25, -0.2) is 14.6 Å². The van der Waals surface area contributed by atoms with Crippen LogP contribution in [0.3, 0.4) is 0 Å². The molecule has 0 spiro atoms. The molecule has 138 valence electrons. The van der Waals surface area contributed by atoms with Crippen LogP contribution in [0.25, 0.3) is 0 Å². The van der Waals surface area contributed by atoms with E-state index in [2.05, 4.69) is 22.2 Å². The molecule has 1 aliphatic heterocycles. The molecular weight excluding hydrogens is 331 g/mol. The molecule has 2 aromatic rings. The van der Waals surface area contributed by atoms with Crippen LogP contribution < -0.4 is 10.3 Å². The number of pyridine rings is 1. The largest absolute Gasteiger partial charge is 0.314 e. The van der Waals surface area contributed by atoms with Gasteiger partial charge in [0.25, 0.3) is 0 Å². The Labute approximate surface area is 153 Å². The number of anilines is 1. The Bertz CT molecular complexity index is 778. The second-order valence-electron chi connectivity index (χ2n) is 6.94. The van der Waals surface area contributed by atoms with Gasteiger partial charge in [-0.1, -0.05) is 6.92 Å². The lowest BCUT2D eigenvalue weighted by atomic mass is 9.91. The third kappa shape index (κ3) is 3.49. The second-order valence-corrected chi connectivity index (χ2v) is 6.94. The number of aliphatic imine (C=N–C) groups is 1. The molecule has 2 aliphatic rings. The molecule has 0 radical (unpaired) electrons. The van der Waals surface area contributed by atoms with E-state index in [4.69, 9.17) is 4.99 Å². The Hall–Kier alpha value is -2.28. The van der Waals surface area contributed by atoms with Crippen molar-refractivity contribution in [2.24, 2.45) is 4.99 Å². The number of nitrogens with zero attached hydrogens (tertiary/aromatic N) is 5. The van der Waals surface area contributed by atoms with Crippen molar-refractivity contribution in [1.82, 2.24) is 20.0 Å². The molecule has 0 amide bonds. The molecule has 0 saturated heterocycles. The highest BCUT2D eigenvalue weighted by Crippen LogP contribution is 2.25. The molecule has 0 atom stereocenters. The lowest BCUT2D eigenvalue weighted by molar-refractivity contribution is 0.348. The topological polar surface area (TPSA) is 58.3 Å². The zero-order chi connectivity index (χ0) is 17.9. The SMILES string of the molecule is CCNC1CCC(N=C2CCN(c3ccnc(F)c3)n3ccnc32)CC1. The molecule has 0 unspecified atom stereocenters. The molecule has 2 aromatic heterocycles. The first-order valence-corrected chi connectivity index (χ1v) is 9.47. The summed E-state index contributed by atoms with van der Waals surface area (Å²) in [6.45, 7) is 3.94. The van der Waals surface area contributed by atoms with Crippen molar-refractivity contribution in [3.63, 3.8) is 0 Å². The number of hydrogen-bond donors (Lipinski definition) is 1. The minimum absolute atomic E-state index is 0.384. The third-order valence-corrected chi connectivity index (χ3v) is 5.24. The van der Waals surface area contributed by atoms with E-state index in [-0.39, 0.29) is 0 Å². The number of hydrogen-bond acceptors (Lipinski definition) is 5. The van der Waals surface area contributed by atoms with Crippen LogP contribution in [-0.4, -0.2) is 45.5 Å². The molecule has 1 aliphatic carbocycles. The summed E-state index contributed by atoms with van der Waals surface area (Å²) in [6.07, 6.45) is 10.6. The average molecular weight is 356 g/mol. The van der Waals surface area contributed by atoms with Gasteiger partial charge in [-0.15, -0.1) is 0 Å². The molecule has 4 rings (SSSR count). The van der Waals surface area contributed by atoms with E-state index in [1.165, 1.54) is 25.1 Å². The standard InChI is InChI=1S/C19H25FN6/c1-2-21-14-3-5-15(6-4-14)24-17-8-11-25(26-12-10-23-19(17)26)16-7-9-22-18(20)13-16/h7,9-10,12-15,21H,2-6,8,11H2,1H3. The maximum atomic E-state index is 13.5. The summed E-state index contributed by atoms with van der Waals surface area (Å²) in [4.78, 5) is 13.2. The number of fused-ring (bicyclic) bond motifs is 1. The molecule has 6 nitrogen and oxygen atoms in total. The number of imidazole rings is 1. The Balaban J connectivity index is 1.52. The highest BCUT2D eigenvalue weighted by Gasteiger charge is 2.26. The fourth-order valence-electron chi connectivity index (χ4n) is 3.98. The van der Waals surface area contributed by atoms with Crippen LogP contribution in [0.2, 0.25) is 0 Å². The van der Waals surface area contributed by atoms with E-state index in [1.54, 1.807) is 6.20 Å². The van der Waals surface area contributed by atoms with Gasteiger partial charge >= 0.3 is 0 Å². The number of nitrogens with one attached hydrogen (secondary N) is 1. The van der Waals surface area contributed by atoms with Crippen LogP contribution in [0, 0.1) is 5.95 Å². The van der Waals surface area contributed by atoms with E-state index < -0.39 is 5.95 Å². The van der Waals surface area contributed by atoms with Crippen molar-refractivity contribution >= 4 is 11.4 Å². The van der Waals surface area contributed by atoms with Crippen molar-refractivity contribution in [2.75, 3.05) is 18.1 Å². The second kappa shape index (κ2) is 7.53. The van der Waals surface area contributed by atoms with Crippen molar-refractivity contribution in [1.29, 1.82) is 0 Å². The van der Waals surface area contributed by atoms with Crippen LogP contribution in [0.15, 0.2) is 35.7 Å². The fourth-order valence-corrected chi connectivity index (χ4v) is 3.98. The summed E-state index contributed by atoms with van der Waals surface area (Å²) in [5, 5.41) is 5.56. The maximum Gasteiger partial charge on any atom is 0.214 e. The zero-order valence-electron chi connectivity index (χ0n) is 15.1. The van der Waals surface area contributed by atoms with Crippen LogP contribution in [-0.2, 0) is 0 Å². The fraction of sp³-hybridized carbons (Fsp3) is 0.526. The van der Waals surface area contributed by atoms with E-state index >= 15 is 0 Å². The van der Waals surface area contributed by atoms with Gasteiger partial charge in [0.2, 0.25) is 5.95 Å². The van der Waals surface area contributed by atoms with Crippen LogP contribution in [0.5, 0.6) is 0 Å². The molecule has 1 fully saturated rings. The summed E-state index contributed by atoms with van der Waals surface area (Å²) in [5.74, 6) is 0.392.